The van der Waals surface area contributed by atoms with Crippen molar-refractivity contribution in [3.63, 3.8) is 0 Å². The van der Waals surface area contributed by atoms with Crippen LogP contribution >= 0.6 is 12.4 Å². The van der Waals surface area contributed by atoms with Crippen molar-refractivity contribution in [1.29, 1.82) is 0 Å². The van der Waals surface area contributed by atoms with Gasteiger partial charge in [-0.1, -0.05) is 0 Å². The molecule has 0 aliphatic heterocycles. The van der Waals surface area contributed by atoms with Crippen LogP contribution in [0.25, 0.3) is 0 Å². The first-order chi connectivity index (χ1) is 9.03. The maximum absolute atomic E-state index is 12.0. The van der Waals surface area contributed by atoms with Crippen molar-refractivity contribution >= 4 is 22.4 Å². The molecule has 0 heterocycles. The molecule has 0 spiro atoms. The molecule has 1 aromatic rings. The summed E-state index contributed by atoms with van der Waals surface area (Å²) < 4.78 is 31.9. The lowest BCUT2D eigenvalue weighted by Gasteiger charge is -2.12. The van der Waals surface area contributed by atoms with Gasteiger partial charge in [0.15, 0.2) is 0 Å². The van der Waals surface area contributed by atoms with Gasteiger partial charge in [-0.3, -0.25) is 0 Å². The van der Waals surface area contributed by atoms with Gasteiger partial charge in [-0.2, -0.15) is 0 Å². The Morgan fingerprint density at radius 1 is 1.35 bits per heavy atom. The van der Waals surface area contributed by atoms with E-state index in [1.807, 2.05) is 6.92 Å². The van der Waals surface area contributed by atoms with Crippen LogP contribution in [0.5, 0.6) is 5.75 Å². The van der Waals surface area contributed by atoms with E-state index in [-0.39, 0.29) is 23.3 Å². The van der Waals surface area contributed by atoms with Crippen LogP contribution in [0.3, 0.4) is 0 Å². The molecule has 1 atom stereocenters. The molecule has 3 N–H and O–H groups in total. The molecule has 0 bridgehead atoms. The van der Waals surface area contributed by atoms with Crippen molar-refractivity contribution in [3.05, 3.63) is 24.3 Å². The van der Waals surface area contributed by atoms with Crippen molar-refractivity contribution in [3.8, 4) is 5.75 Å². The molecule has 1 aliphatic carbocycles. The molecular weight excluding hydrogens is 300 g/mol. The first kappa shape index (κ1) is 17.2. The fourth-order valence-electron chi connectivity index (χ4n) is 1.86. The summed E-state index contributed by atoms with van der Waals surface area (Å²) in [6.45, 7) is 2.73. The third-order valence-corrected chi connectivity index (χ3v) is 4.62. The second-order valence-electron chi connectivity index (χ2n) is 4.76. The maximum Gasteiger partial charge on any atom is 0.240 e. The van der Waals surface area contributed by atoms with Crippen LogP contribution in [0.15, 0.2) is 29.2 Å². The van der Waals surface area contributed by atoms with E-state index in [4.69, 9.17) is 10.5 Å². The standard InChI is InChI=1S/C13H20N2O3S.ClH/c1-2-18-11-5-7-12(8-6-11)19(16,17)15-9-13(14)10-3-4-10;/h5-8,10,13,15H,2-4,9,14H2,1H3;1H. The van der Waals surface area contributed by atoms with E-state index in [1.165, 1.54) is 12.1 Å². The Balaban J connectivity index is 0.00000200. The second kappa shape index (κ2) is 7.26. The summed E-state index contributed by atoms with van der Waals surface area (Å²) in [5.41, 5.74) is 5.88. The Labute approximate surface area is 126 Å². The molecule has 1 saturated carbocycles. The van der Waals surface area contributed by atoms with Crippen molar-refractivity contribution in [2.75, 3.05) is 13.2 Å². The fourth-order valence-corrected chi connectivity index (χ4v) is 2.93. The molecule has 0 saturated heterocycles. The highest BCUT2D eigenvalue weighted by molar-refractivity contribution is 7.89. The zero-order valence-corrected chi connectivity index (χ0v) is 13.0. The summed E-state index contributed by atoms with van der Waals surface area (Å²) >= 11 is 0. The maximum atomic E-state index is 12.0. The Morgan fingerprint density at radius 2 is 1.95 bits per heavy atom. The number of sulfonamides is 1. The second-order valence-corrected chi connectivity index (χ2v) is 6.52. The van der Waals surface area contributed by atoms with Crippen molar-refractivity contribution in [1.82, 2.24) is 4.72 Å². The summed E-state index contributed by atoms with van der Waals surface area (Å²) in [6.07, 6.45) is 2.21. The molecule has 0 radical (unpaired) electrons. The number of nitrogens with two attached hydrogens (primary N) is 1. The Kier molecular flexibility index (Phi) is 6.26. The van der Waals surface area contributed by atoms with E-state index in [1.54, 1.807) is 12.1 Å². The first-order valence-electron chi connectivity index (χ1n) is 6.51. The zero-order valence-electron chi connectivity index (χ0n) is 11.4. The topological polar surface area (TPSA) is 81.4 Å². The molecule has 1 fully saturated rings. The number of hydrogen-bond acceptors (Lipinski definition) is 4. The summed E-state index contributed by atoms with van der Waals surface area (Å²) in [4.78, 5) is 0.235. The molecule has 1 aromatic carbocycles. The van der Waals surface area contributed by atoms with Gasteiger partial charge in [-0.05, 0) is 49.9 Å². The smallest absolute Gasteiger partial charge is 0.240 e. The lowest BCUT2D eigenvalue weighted by atomic mass is 10.2. The number of halogens is 1. The number of rotatable bonds is 7. The van der Waals surface area contributed by atoms with Crippen LogP contribution in [0, 0.1) is 5.92 Å². The van der Waals surface area contributed by atoms with Crippen LogP contribution in [0.1, 0.15) is 19.8 Å². The minimum atomic E-state index is -3.48. The number of hydrogen-bond donors (Lipinski definition) is 2. The van der Waals surface area contributed by atoms with Crippen LogP contribution in [-0.4, -0.2) is 27.6 Å². The van der Waals surface area contributed by atoms with Crippen LogP contribution < -0.4 is 15.2 Å². The Bertz CT molecular complexity index is 515. The van der Waals surface area contributed by atoms with E-state index >= 15 is 0 Å². The number of benzene rings is 1. The van der Waals surface area contributed by atoms with Crippen molar-refractivity contribution in [2.45, 2.75) is 30.7 Å². The Hall–Kier alpha value is -0.820. The minimum absolute atomic E-state index is 0. The highest BCUT2D eigenvalue weighted by Crippen LogP contribution is 2.31. The summed E-state index contributed by atoms with van der Waals surface area (Å²) in [5, 5.41) is 0. The summed E-state index contributed by atoms with van der Waals surface area (Å²) in [6, 6.07) is 6.29. The van der Waals surface area contributed by atoms with E-state index in [0.29, 0.717) is 24.8 Å². The minimum Gasteiger partial charge on any atom is -0.494 e. The SMILES string of the molecule is CCOc1ccc(S(=O)(=O)NCC(N)C2CC2)cc1.Cl. The molecule has 20 heavy (non-hydrogen) atoms. The van der Waals surface area contributed by atoms with Crippen molar-refractivity contribution in [2.24, 2.45) is 11.7 Å². The van der Waals surface area contributed by atoms with Gasteiger partial charge in [0.05, 0.1) is 11.5 Å². The highest BCUT2D eigenvalue weighted by atomic mass is 35.5. The van der Waals surface area contributed by atoms with Gasteiger partial charge in [0, 0.05) is 12.6 Å². The largest absolute Gasteiger partial charge is 0.494 e. The van der Waals surface area contributed by atoms with E-state index in [2.05, 4.69) is 4.72 Å². The Morgan fingerprint density at radius 3 is 2.45 bits per heavy atom. The van der Waals surface area contributed by atoms with Gasteiger partial charge >= 0.3 is 0 Å². The predicted molar refractivity (Wildman–Crippen MR) is 80.7 cm³/mol. The van der Waals surface area contributed by atoms with E-state index in [0.717, 1.165) is 12.8 Å². The fraction of sp³-hybridized carbons (Fsp3) is 0.538. The van der Waals surface area contributed by atoms with Crippen molar-refractivity contribution < 1.29 is 13.2 Å². The van der Waals surface area contributed by atoms with E-state index in [9.17, 15) is 8.42 Å². The lowest BCUT2D eigenvalue weighted by molar-refractivity contribution is 0.340. The third kappa shape index (κ3) is 4.63. The molecule has 7 heteroatoms. The summed E-state index contributed by atoms with van der Waals surface area (Å²) in [5.74, 6) is 1.14. The van der Waals surface area contributed by atoms with Crippen LogP contribution in [0.2, 0.25) is 0 Å². The molecule has 114 valence electrons. The molecule has 1 unspecified atom stereocenters. The van der Waals surface area contributed by atoms with Gasteiger partial charge in [-0.25, -0.2) is 13.1 Å². The van der Waals surface area contributed by atoms with Gasteiger partial charge in [0.25, 0.3) is 0 Å². The number of ether oxygens (including phenoxy) is 1. The third-order valence-electron chi connectivity index (χ3n) is 3.18. The quantitative estimate of drug-likeness (QED) is 0.798. The zero-order chi connectivity index (χ0) is 13.9. The monoisotopic (exact) mass is 320 g/mol. The van der Waals surface area contributed by atoms with E-state index < -0.39 is 10.0 Å². The molecule has 1 aliphatic rings. The average molecular weight is 321 g/mol. The van der Waals surface area contributed by atoms with Crippen LogP contribution in [-0.2, 0) is 10.0 Å². The molecule has 0 aromatic heterocycles. The summed E-state index contributed by atoms with van der Waals surface area (Å²) in [7, 11) is -3.48. The molecule has 0 amide bonds. The molecule has 5 nitrogen and oxygen atoms in total. The highest BCUT2D eigenvalue weighted by Gasteiger charge is 2.29. The normalized spacial score (nSPS) is 16.3. The predicted octanol–water partition coefficient (Wildman–Crippen LogP) is 1.52. The van der Waals surface area contributed by atoms with Crippen LogP contribution in [0.4, 0.5) is 0 Å². The number of nitrogens with one attached hydrogen (secondary N) is 1. The lowest BCUT2D eigenvalue weighted by Crippen LogP contribution is -2.38. The molecule has 2 rings (SSSR count). The van der Waals surface area contributed by atoms with Gasteiger partial charge in [0.2, 0.25) is 10.0 Å². The van der Waals surface area contributed by atoms with Gasteiger partial charge < -0.3 is 10.5 Å². The van der Waals surface area contributed by atoms with Gasteiger partial charge in [0.1, 0.15) is 5.75 Å². The van der Waals surface area contributed by atoms with Gasteiger partial charge in [-0.15, -0.1) is 12.4 Å². The first-order valence-corrected chi connectivity index (χ1v) is 7.99. The molecular formula is C13H21ClN2O3S. The average Bonchev–Trinajstić information content (AvgIpc) is 3.21.